The topological polar surface area (TPSA) is 139 Å². The summed E-state index contributed by atoms with van der Waals surface area (Å²) < 4.78 is 32.6. The fourth-order valence-corrected chi connectivity index (χ4v) is 9.36. The molecule has 5 atom stereocenters. The minimum absolute atomic E-state index is 0.0162. The number of nitrogens with one attached hydrogen (secondary N) is 4. The van der Waals surface area contributed by atoms with Crippen LogP contribution in [0.3, 0.4) is 0 Å². The van der Waals surface area contributed by atoms with Gasteiger partial charge in [-0.25, -0.2) is 14.8 Å². The van der Waals surface area contributed by atoms with E-state index in [9.17, 15) is 14.7 Å². The number of fused-ring (bicyclic) bond motifs is 6. The average molecular weight is 726 g/mol. The molecule has 0 radical (unpaired) electrons. The lowest BCUT2D eigenvalue weighted by Crippen LogP contribution is -2.47. The van der Waals surface area contributed by atoms with E-state index in [1.807, 2.05) is 41.3 Å². The minimum atomic E-state index is -3.19. The van der Waals surface area contributed by atoms with Crippen molar-refractivity contribution in [1.29, 1.82) is 0 Å². The van der Waals surface area contributed by atoms with Gasteiger partial charge in [0.25, 0.3) is 11.8 Å². The lowest BCUT2D eigenvalue weighted by atomic mass is 9.96. The molecule has 2 saturated heterocycles. The number of amides is 2. The number of imidazole rings is 2. The highest BCUT2D eigenvalue weighted by Crippen LogP contribution is 2.53. The number of carboxylic acid groups (broad SMARTS) is 1. The number of alkyl halides is 2. The summed E-state index contributed by atoms with van der Waals surface area (Å²) in [5.74, 6) is -1.84. The molecule has 10 nitrogen and oxygen atoms in total. The van der Waals surface area contributed by atoms with E-state index < -0.39 is 18.1 Å². The zero-order valence-electron chi connectivity index (χ0n) is 29.2. The van der Waals surface area contributed by atoms with Gasteiger partial charge in [-0.05, 0) is 96.6 Å². The summed E-state index contributed by atoms with van der Waals surface area (Å²) >= 11 is 0. The van der Waals surface area contributed by atoms with Crippen molar-refractivity contribution in [3.63, 3.8) is 0 Å². The largest absolute Gasteiger partial charge is 0.465 e. The molecular weight excluding hydrogens is 689 g/mol. The smallest absolute Gasteiger partial charge is 0.405 e. The Labute approximate surface area is 309 Å². The third kappa shape index (κ3) is 5.22. The number of carbonyl (C=O) groups excluding carboxylic acids is 1. The number of H-pyrrole nitrogens is 2. The van der Waals surface area contributed by atoms with Crippen molar-refractivity contribution in [3.05, 3.63) is 119 Å². The second-order valence-corrected chi connectivity index (χ2v) is 15.0. The van der Waals surface area contributed by atoms with E-state index in [0.29, 0.717) is 44.9 Å². The monoisotopic (exact) mass is 725 g/mol. The van der Waals surface area contributed by atoms with Gasteiger partial charge in [0, 0.05) is 22.7 Å². The summed E-state index contributed by atoms with van der Waals surface area (Å²) in [4.78, 5) is 44.0. The molecule has 10 rings (SSSR count). The number of piperidine rings is 1. The van der Waals surface area contributed by atoms with Crippen LogP contribution in [0, 0.1) is 5.92 Å². The summed E-state index contributed by atoms with van der Waals surface area (Å²) in [6.45, 7) is 0.941. The molecule has 3 fully saturated rings. The molecule has 0 unspecified atom stereocenters. The quantitative estimate of drug-likeness (QED) is 0.112. The molecule has 4 heterocycles. The van der Waals surface area contributed by atoms with Crippen LogP contribution in [-0.2, 0) is 10.7 Å². The number of rotatable bonds is 7. The first-order valence-electron chi connectivity index (χ1n) is 18.6. The van der Waals surface area contributed by atoms with Crippen molar-refractivity contribution in [2.75, 3.05) is 6.54 Å². The highest BCUT2D eigenvalue weighted by molar-refractivity contribution is 5.89. The highest BCUT2D eigenvalue weighted by Gasteiger charge is 2.51. The van der Waals surface area contributed by atoms with Crippen LogP contribution in [0.4, 0.5) is 13.6 Å². The van der Waals surface area contributed by atoms with Gasteiger partial charge in [-0.3, -0.25) is 4.79 Å². The van der Waals surface area contributed by atoms with Crippen molar-refractivity contribution in [2.45, 2.75) is 62.2 Å². The number of aromatic nitrogens is 4. The van der Waals surface area contributed by atoms with E-state index in [1.54, 1.807) is 54.7 Å². The zero-order valence-corrected chi connectivity index (χ0v) is 29.2. The van der Waals surface area contributed by atoms with Crippen LogP contribution in [-0.4, -0.2) is 54.5 Å². The van der Waals surface area contributed by atoms with Gasteiger partial charge in [0.05, 0.1) is 35.0 Å². The molecule has 2 aliphatic heterocycles. The Bertz CT molecular complexity index is 2450. The average Bonchev–Trinajstić information content (AvgIpc) is 4.05. The summed E-state index contributed by atoms with van der Waals surface area (Å²) in [5.41, 5.74) is 5.79. The predicted octanol–water partition coefficient (Wildman–Crippen LogP) is 8.23. The number of likely N-dealkylation sites (tertiary alicyclic amines) is 1. The van der Waals surface area contributed by atoms with Gasteiger partial charge in [0.1, 0.15) is 17.7 Å². The normalized spacial score (nSPS) is 22.7. The van der Waals surface area contributed by atoms with Crippen molar-refractivity contribution >= 4 is 23.0 Å². The zero-order chi connectivity index (χ0) is 36.7. The van der Waals surface area contributed by atoms with Crippen LogP contribution in [0.2, 0.25) is 0 Å². The van der Waals surface area contributed by atoms with Crippen LogP contribution in [0.5, 0.6) is 0 Å². The van der Waals surface area contributed by atoms with Crippen molar-refractivity contribution in [3.8, 4) is 33.5 Å². The molecule has 5 N–H and O–H groups in total. The number of hydrogen-bond donors (Lipinski definition) is 5. The molecule has 1 saturated carbocycles. The predicted molar refractivity (Wildman–Crippen MR) is 199 cm³/mol. The molecule has 272 valence electrons. The van der Waals surface area contributed by atoms with Gasteiger partial charge < -0.3 is 30.6 Å². The molecule has 4 aliphatic rings. The maximum absolute atomic E-state index is 16.3. The Kier molecular flexibility index (Phi) is 7.48. The van der Waals surface area contributed by atoms with Gasteiger partial charge in [0.15, 0.2) is 0 Å². The molecule has 2 amide bonds. The lowest BCUT2D eigenvalue weighted by molar-refractivity contribution is -0.138. The van der Waals surface area contributed by atoms with Crippen LogP contribution in [0.25, 0.3) is 44.5 Å². The number of carbonyl (C=O) groups is 2. The molecule has 2 aromatic heterocycles. The van der Waals surface area contributed by atoms with Gasteiger partial charge in [-0.1, -0.05) is 60.7 Å². The molecule has 6 aromatic rings. The number of nitrogens with zero attached hydrogens (tertiary/aromatic N) is 3. The first-order valence-corrected chi connectivity index (χ1v) is 18.6. The minimum Gasteiger partial charge on any atom is -0.465 e. The fraction of sp³-hybridized carbons (Fsp3) is 0.286. The second kappa shape index (κ2) is 12.3. The Morgan fingerprint density at radius 2 is 1.61 bits per heavy atom. The maximum atomic E-state index is 16.3. The number of benzene rings is 4. The Hall–Kier alpha value is -5.88. The molecule has 54 heavy (non-hydrogen) atoms. The highest BCUT2D eigenvalue weighted by atomic mass is 19.3. The number of aromatic amines is 2. The molecular formula is C42H37F2N7O3. The Morgan fingerprint density at radius 1 is 0.870 bits per heavy atom. The maximum Gasteiger partial charge on any atom is 0.405 e. The van der Waals surface area contributed by atoms with E-state index in [1.165, 1.54) is 0 Å². The Balaban J connectivity index is 0.943. The molecule has 4 aromatic carbocycles. The summed E-state index contributed by atoms with van der Waals surface area (Å²) in [6.07, 6.45) is 5.13. The number of halogens is 2. The van der Waals surface area contributed by atoms with Gasteiger partial charge in [-0.2, -0.15) is 8.78 Å². The number of hydrogen-bond acceptors (Lipinski definition) is 5. The third-order valence-electron chi connectivity index (χ3n) is 11.9. The first kappa shape index (κ1) is 32.7. The van der Waals surface area contributed by atoms with Crippen molar-refractivity contribution in [1.82, 2.24) is 35.5 Å². The van der Waals surface area contributed by atoms with E-state index in [2.05, 4.69) is 25.6 Å². The SMILES string of the molecule is O=C(O)N[C@@H](C(=O)N1[C@@H]2CC[C@H](C2)[C@H]1c1nc2ccc(-c3ccc4c(c3)C(F)(F)c3cc(-c5cnc([C@@H]6CCCN6)[nH]5)ccc3-4)cc2[nH]1)c1ccccc1. The third-order valence-corrected chi connectivity index (χ3v) is 11.9. The first-order chi connectivity index (χ1) is 26.2. The van der Waals surface area contributed by atoms with Crippen molar-refractivity contribution < 1.29 is 23.5 Å². The van der Waals surface area contributed by atoms with E-state index in [0.717, 1.165) is 55.6 Å². The summed E-state index contributed by atoms with van der Waals surface area (Å²) in [6, 6.07) is 23.8. The molecule has 0 spiro atoms. The van der Waals surface area contributed by atoms with Gasteiger partial charge >= 0.3 is 6.09 Å². The van der Waals surface area contributed by atoms with Crippen LogP contribution in [0.15, 0.2) is 91.1 Å². The van der Waals surface area contributed by atoms with E-state index >= 15 is 8.78 Å². The van der Waals surface area contributed by atoms with Gasteiger partial charge in [-0.15, -0.1) is 0 Å². The lowest BCUT2D eigenvalue weighted by Gasteiger charge is -2.36. The van der Waals surface area contributed by atoms with Crippen LogP contribution >= 0.6 is 0 Å². The van der Waals surface area contributed by atoms with Crippen molar-refractivity contribution in [2.24, 2.45) is 5.92 Å². The molecule has 12 heteroatoms. The standard InChI is InChI=1S/C42H37F2N7O3/c43-42(44)30-18-23(9-13-28(30)29-14-10-25(19-31(29)42)35-21-46-38(49-35)33-7-4-16-45-33)24-11-15-32-34(20-24)48-39(47-32)37-26-8-12-27(17-26)51(37)40(52)36(50-41(53)54)22-5-2-1-3-6-22/h1-3,5-6,9-11,13-15,18-21,26-27,33,36-37,45,50H,4,7-8,12,16-17H2,(H,46,49)(H,47,48)(H,53,54)/t26-,27-,33+,36-,37+/m1/s1. The second-order valence-electron chi connectivity index (χ2n) is 15.0. The van der Waals surface area contributed by atoms with Gasteiger partial charge in [0.2, 0.25) is 0 Å². The van der Waals surface area contributed by atoms with Crippen LogP contribution in [0.1, 0.15) is 78.6 Å². The summed E-state index contributed by atoms with van der Waals surface area (Å²) in [5, 5.41) is 15.5. The molecule has 2 aliphatic carbocycles. The van der Waals surface area contributed by atoms with E-state index in [-0.39, 0.29) is 41.1 Å². The van der Waals surface area contributed by atoms with E-state index in [4.69, 9.17) is 4.98 Å². The fourth-order valence-electron chi connectivity index (χ4n) is 9.36. The van der Waals surface area contributed by atoms with Crippen LogP contribution < -0.4 is 10.6 Å². The summed E-state index contributed by atoms with van der Waals surface area (Å²) in [7, 11) is 0. The Morgan fingerprint density at radius 3 is 2.37 bits per heavy atom. The molecule has 2 bridgehead atoms.